The second kappa shape index (κ2) is 4.66. The first-order valence-corrected chi connectivity index (χ1v) is 7.21. The zero-order valence-corrected chi connectivity index (χ0v) is 11.8. The third-order valence-electron chi connectivity index (χ3n) is 3.40. The number of aromatic nitrogens is 3. The van der Waals surface area contributed by atoms with E-state index in [0.29, 0.717) is 11.7 Å². The Morgan fingerprint density at radius 3 is 2.68 bits per heavy atom. The van der Waals surface area contributed by atoms with Crippen LogP contribution in [0, 0.1) is 0 Å². The third-order valence-corrected chi connectivity index (χ3v) is 4.37. The van der Waals surface area contributed by atoms with Crippen LogP contribution in [0.5, 0.6) is 0 Å². The molecule has 0 saturated carbocycles. The maximum Gasteiger partial charge on any atom is 0.214 e. The molecule has 4 nitrogen and oxygen atoms in total. The molecule has 98 valence electrons. The van der Waals surface area contributed by atoms with Gasteiger partial charge >= 0.3 is 0 Å². The molecule has 0 amide bonds. The van der Waals surface area contributed by atoms with E-state index < -0.39 is 0 Å². The van der Waals surface area contributed by atoms with Gasteiger partial charge in [-0.1, -0.05) is 49.4 Å². The molecular formula is C14H16N4S. The molecule has 0 radical (unpaired) electrons. The summed E-state index contributed by atoms with van der Waals surface area (Å²) in [5.41, 5.74) is 8.13. The predicted octanol–water partition coefficient (Wildman–Crippen LogP) is 3.55. The fraction of sp³-hybridized carbons (Fsp3) is 0.286. The van der Waals surface area contributed by atoms with Gasteiger partial charge < -0.3 is 5.73 Å². The molecule has 0 aliphatic rings. The van der Waals surface area contributed by atoms with Gasteiger partial charge in [-0.3, -0.25) is 0 Å². The molecule has 0 spiro atoms. The van der Waals surface area contributed by atoms with Crippen molar-refractivity contribution in [2.24, 2.45) is 0 Å². The van der Waals surface area contributed by atoms with Gasteiger partial charge in [0.25, 0.3) is 0 Å². The Morgan fingerprint density at radius 1 is 1.32 bits per heavy atom. The summed E-state index contributed by atoms with van der Waals surface area (Å²) in [6.45, 7) is 4.45. The number of imidazole rings is 1. The maximum atomic E-state index is 5.63. The quantitative estimate of drug-likeness (QED) is 0.793. The van der Waals surface area contributed by atoms with E-state index in [2.05, 4.69) is 48.2 Å². The number of benzene rings is 1. The van der Waals surface area contributed by atoms with E-state index in [4.69, 9.17) is 5.73 Å². The van der Waals surface area contributed by atoms with Crippen LogP contribution in [0.4, 0.5) is 5.82 Å². The minimum Gasteiger partial charge on any atom is -0.382 e. The van der Waals surface area contributed by atoms with Gasteiger partial charge in [-0.15, -0.1) is 0 Å². The lowest BCUT2D eigenvalue weighted by atomic mass is 9.98. The molecule has 0 aliphatic heterocycles. The first kappa shape index (κ1) is 12.2. The highest BCUT2D eigenvalue weighted by Gasteiger charge is 2.09. The number of hydrogen-bond donors (Lipinski definition) is 1. The minimum absolute atomic E-state index is 0.511. The molecule has 0 bridgehead atoms. The van der Waals surface area contributed by atoms with E-state index in [-0.39, 0.29) is 0 Å². The van der Waals surface area contributed by atoms with Crippen molar-refractivity contribution in [3.05, 3.63) is 36.0 Å². The highest BCUT2D eigenvalue weighted by atomic mass is 32.1. The van der Waals surface area contributed by atoms with E-state index in [0.717, 1.165) is 22.0 Å². The van der Waals surface area contributed by atoms with Crippen LogP contribution in [0.1, 0.15) is 31.7 Å². The Balaban J connectivity index is 1.94. The number of anilines is 1. The lowest BCUT2D eigenvalue weighted by Crippen LogP contribution is -1.90. The molecule has 1 unspecified atom stereocenters. The fourth-order valence-corrected chi connectivity index (χ4v) is 2.92. The summed E-state index contributed by atoms with van der Waals surface area (Å²) in [5, 5.41) is 5.46. The molecular weight excluding hydrogens is 256 g/mol. The number of hydrogen-bond acceptors (Lipinski definition) is 4. The standard InChI is InChI=1S/C14H16N4S/c1-3-9(2)10-4-6-11(7-5-10)13-17-18-8-12(15)16-14(18)19-13/h4-9H,3,15H2,1-2H3. The Morgan fingerprint density at radius 2 is 2.05 bits per heavy atom. The van der Waals surface area contributed by atoms with Crippen molar-refractivity contribution in [3.63, 3.8) is 0 Å². The monoisotopic (exact) mass is 272 g/mol. The van der Waals surface area contributed by atoms with Gasteiger partial charge in [0.2, 0.25) is 4.96 Å². The van der Waals surface area contributed by atoms with Crippen LogP contribution >= 0.6 is 11.3 Å². The van der Waals surface area contributed by atoms with Crippen molar-refractivity contribution in [3.8, 4) is 10.6 Å². The van der Waals surface area contributed by atoms with Gasteiger partial charge in [-0.25, -0.2) is 9.50 Å². The van der Waals surface area contributed by atoms with Crippen molar-refractivity contribution in [1.82, 2.24) is 14.6 Å². The Hall–Kier alpha value is -1.88. The summed E-state index contributed by atoms with van der Waals surface area (Å²) in [7, 11) is 0. The molecule has 2 N–H and O–H groups in total. The van der Waals surface area contributed by atoms with Gasteiger partial charge in [-0.05, 0) is 17.9 Å². The summed E-state index contributed by atoms with van der Waals surface area (Å²) in [6, 6.07) is 8.62. The molecule has 0 saturated heterocycles. The smallest absolute Gasteiger partial charge is 0.214 e. The summed E-state index contributed by atoms with van der Waals surface area (Å²) >= 11 is 1.55. The van der Waals surface area contributed by atoms with E-state index in [1.165, 1.54) is 5.56 Å². The van der Waals surface area contributed by atoms with Crippen molar-refractivity contribution >= 4 is 22.1 Å². The lowest BCUT2D eigenvalue weighted by molar-refractivity contribution is 0.734. The average molecular weight is 272 g/mol. The van der Waals surface area contributed by atoms with Gasteiger partial charge in [-0.2, -0.15) is 5.10 Å². The largest absolute Gasteiger partial charge is 0.382 e. The number of nitrogen functional groups attached to an aromatic ring is 1. The molecule has 5 heteroatoms. The summed E-state index contributed by atoms with van der Waals surface area (Å²) in [6.07, 6.45) is 2.90. The van der Waals surface area contributed by atoms with Crippen molar-refractivity contribution in [2.45, 2.75) is 26.2 Å². The van der Waals surface area contributed by atoms with Crippen molar-refractivity contribution in [1.29, 1.82) is 0 Å². The van der Waals surface area contributed by atoms with E-state index in [1.807, 2.05) is 0 Å². The molecule has 3 aromatic rings. The zero-order valence-electron chi connectivity index (χ0n) is 11.0. The fourth-order valence-electron chi connectivity index (χ4n) is 2.02. The van der Waals surface area contributed by atoms with E-state index in [1.54, 1.807) is 22.0 Å². The molecule has 19 heavy (non-hydrogen) atoms. The molecule has 1 atom stereocenters. The van der Waals surface area contributed by atoms with Gasteiger partial charge in [0.1, 0.15) is 10.8 Å². The topological polar surface area (TPSA) is 56.2 Å². The highest BCUT2D eigenvalue weighted by molar-refractivity contribution is 7.19. The molecule has 3 rings (SSSR count). The Kier molecular flexibility index (Phi) is 2.98. The van der Waals surface area contributed by atoms with Crippen molar-refractivity contribution < 1.29 is 0 Å². The Labute approximate surface area is 115 Å². The minimum atomic E-state index is 0.511. The maximum absolute atomic E-state index is 5.63. The van der Waals surface area contributed by atoms with Gasteiger partial charge in [0.05, 0.1) is 6.20 Å². The van der Waals surface area contributed by atoms with Crippen LogP contribution in [0.3, 0.4) is 0 Å². The normalized spacial score (nSPS) is 12.9. The van der Waals surface area contributed by atoms with E-state index >= 15 is 0 Å². The predicted molar refractivity (Wildman–Crippen MR) is 79.4 cm³/mol. The van der Waals surface area contributed by atoms with E-state index in [9.17, 15) is 0 Å². The molecule has 0 fully saturated rings. The summed E-state index contributed by atoms with van der Waals surface area (Å²) < 4.78 is 1.73. The van der Waals surface area contributed by atoms with Crippen LogP contribution in [-0.4, -0.2) is 14.6 Å². The SMILES string of the molecule is CCC(C)c1ccc(-c2nn3cc(N)nc3s2)cc1. The molecule has 2 heterocycles. The first-order chi connectivity index (χ1) is 9.17. The lowest BCUT2D eigenvalue weighted by Gasteiger charge is -2.08. The summed E-state index contributed by atoms with van der Waals surface area (Å²) in [5.74, 6) is 1.11. The molecule has 1 aromatic carbocycles. The van der Waals surface area contributed by atoms with Crippen molar-refractivity contribution in [2.75, 3.05) is 5.73 Å². The average Bonchev–Trinajstić information content (AvgIpc) is 2.95. The van der Waals surface area contributed by atoms with Crippen LogP contribution in [-0.2, 0) is 0 Å². The van der Waals surface area contributed by atoms with Crippen LogP contribution < -0.4 is 5.73 Å². The molecule has 2 aromatic heterocycles. The van der Waals surface area contributed by atoms with Gasteiger partial charge in [0, 0.05) is 5.56 Å². The highest BCUT2D eigenvalue weighted by Crippen LogP contribution is 2.28. The molecule has 0 aliphatic carbocycles. The van der Waals surface area contributed by atoms with Crippen LogP contribution in [0.2, 0.25) is 0 Å². The summed E-state index contributed by atoms with van der Waals surface area (Å²) in [4.78, 5) is 5.05. The zero-order chi connectivity index (χ0) is 13.4. The third kappa shape index (κ3) is 2.21. The number of fused-ring (bicyclic) bond motifs is 1. The van der Waals surface area contributed by atoms with Crippen LogP contribution in [0.15, 0.2) is 30.5 Å². The second-order valence-corrected chi connectivity index (χ2v) is 5.69. The second-order valence-electron chi connectivity index (χ2n) is 4.73. The number of rotatable bonds is 3. The van der Waals surface area contributed by atoms with Gasteiger partial charge in [0.15, 0.2) is 0 Å². The number of nitrogens with zero attached hydrogens (tertiary/aromatic N) is 3. The Bertz CT molecular complexity index is 664. The number of nitrogens with two attached hydrogens (primary N) is 1. The van der Waals surface area contributed by atoms with Crippen LogP contribution in [0.25, 0.3) is 15.5 Å². The first-order valence-electron chi connectivity index (χ1n) is 6.39.